The summed E-state index contributed by atoms with van der Waals surface area (Å²) in [5.74, 6) is -2.07. The van der Waals surface area contributed by atoms with E-state index < -0.39 is 23.8 Å². The van der Waals surface area contributed by atoms with E-state index in [1.165, 1.54) is 50.9 Å². The molecule has 2 heterocycles. The topological polar surface area (TPSA) is 142 Å². The van der Waals surface area contributed by atoms with Crippen molar-refractivity contribution in [2.75, 3.05) is 24.9 Å². The number of aromatic amines is 2. The van der Waals surface area contributed by atoms with E-state index in [0.717, 1.165) is 0 Å². The molecule has 166 valence electrons. The summed E-state index contributed by atoms with van der Waals surface area (Å²) < 4.78 is 9.48. The van der Waals surface area contributed by atoms with Gasteiger partial charge in [0.05, 0.1) is 25.6 Å². The molecule has 0 radical (unpaired) electrons. The normalized spacial score (nSPS) is 10.4. The highest BCUT2D eigenvalue weighted by Gasteiger charge is 2.21. The zero-order valence-electron chi connectivity index (χ0n) is 17.9. The van der Waals surface area contributed by atoms with Crippen molar-refractivity contribution in [2.24, 2.45) is 0 Å². The first-order valence-electron chi connectivity index (χ1n) is 9.52. The van der Waals surface area contributed by atoms with Gasteiger partial charge in [-0.2, -0.15) is 0 Å². The molecule has 0 aliphatic heterocycles. The molecule has 0 fully saturated rings. The number of methoxy groups -OCH3 is 2. The minimum atomic E-state index is -0.572. The van der Waals surface area contributed by atoms with Crippen LogP contribution in [0.5, 0.6) is 0 Å². The average Bonchev–Trinajstić information content (AvgIpc) is 3.34. The molecule has 0 aliphatic rings. The second-order valence-corrected chi connectivity index (χ2v) is 6.87. The smallest absolute Gasteiger partial charge is 0.341 e. The van der Waals surface area contributed by atoms with Gasteiger partial charge in [0.1, 0.15) is 11.1 Å². The number of rotatable bonds is 6. The summed E-state index contributed by atoms with van der Waals surface area (Å²) in [6, 6.07) is 5.91. The summed E-state index contributed by atoms with van der Waals surface area (Å²) >= 11 is 0. The minimum Gasteiger partial charge on any atom is -0.465 e. The average molecular weight is 438 g/mol. The maximum Gasteiger partial charge on any atom is 0.341 e. The molecule has 10 heteroatoms. The third kappa shape index (κ3) is 4.38. The molecule has 4 N–H and O–H groups in total. The number of carbonyl (C=O) groups is 4. The Bertz CT molecular complexity index is 1100. The van der Waals surface area contributed by atoms with E-state index in [-0.39, 0.29) is 22.3 Å². The second-order valence-electron chi connectivity index (χ2n) is 6.87. The van der Waals surface area contributed by atoms with Crippen LogP contribution in [0.2, 0.25) is 0 Å². The van der Waals surface area contributed by atoms with E-state index in [1.807, 2.05) is 0 Å². The number of esters is 2. The summed E-state index contributed by atoms with van der Waals surface area (Å²) in [6.45, 7) is 3.37. The van der Waals surface area contributed by atoms with Crippen molar-refractivity contribution in [2.45, 2.75) is 13.8 Å². The highest BCUT2D eigenvalue weighted by Crippen LogP contribution is 2.22. The molecule has 32 heavy (non-hydrogen) atoms. The van der Waals surface area contributed by atoms with Crippen molar-refractivity contribution in [3.05, 3.63) is 70.3 Å². The quantitative estimate of drug-likeness (QED) is 0.436. The summed E-state index contributed by atoms with van der Waals surface area (Å²) in [4.78, 5) is 54.7. The molecule has 10 nitrogen and oxygen atoms in total. The van der Waals surface area contributed by atoms with Gasteiger partial charge in [-0.15, -0.1) is 0 Å². The molecule has 0 unspecified atom stereocenters. The summed E-state index contributed by atoms with van der Waals surface area (Å²) in [5.41, 5.74) is 2.74. The van der Waals surface area contributed by atoms with Gasteiger partial charge in [0.2, 0.25) is 0 Å². The fraction of sp³-hybridized carbons (Fsp3) is 0.182. The lowest BCUT2D eigenvalue weighted by molar-refractivity contribution is 0.0592. The molecule has 0 spiro atoms. The van der Waals surface area contributed by atoms with Crippen molar-refractivity contribution in [3.8, 4) is 0 Å². The van der Waals surface area contributed by atoms with Gasteiger partial charge in [-0.05, 0) is 38.1 Å². The van der Waals surface area contributed by atoms with Crippen molar-refractivity contribution in [3.63, 3.8) is 0 Å². The van der Waals surface area contributed by atoms with Gasteiger partial charge in [-0.3, -0.25) is 9.59 Å². The fourth-order valence-electron chi connectivity index (χ4n) is 3.14. The number of benzene rings is 1. The largest absolute Gasteiger partial charge is 0.465 e. The van der Waals surface area contributed by atoms with Gasteiger partial charge in [0.25, 0.3) is 11.8 Å². The Hall–Kier alpha value is -4.34. The van der Waals surface area contributed by atoms with Crippen LogP contribution >= 0.6 is 0 Å². The minimum absolute atomic E-state index is 0.236. The van der Waals surface area contributed by atoms with Crippen LogP contribution in [-0.2, 0) is 9.47 Å². The number of ether oxygens (including phenoxy) is 2. The molecule has 2 amide bonds. The Morgan fingerprint density at radius 2 is 1.03 bits per heavy atom. The Morgan fingerprint density at radius 3 is 1.34 bits per heavy atom. The van der Waals surface area contributed by atoms with Gasteiger partial charge < -0.3 is 30.1 Å². The number of hydrogen-bond donors (Lipinski definition) is 4. The van der Waals surface area contributed by atoms with Crippen molar-refractivity contribution >= 4 is 35.1 Å². The summed E-state index contributed by atoms with van der Waals surface area (Å²) in [7, 11) is 2.51. The predicted octanol–water partition coefficient (Wildman–Crippen LogP) is 3.04. The molecule has 3 rings (SSSR count). The SMILES string of the molecule is COC(=O)c1c(NC(=O)c2ccc(C(=O)Nc3c[nH]c(C)c3C(=O)OC)cc2)c[nH]c1C. The standard InChI is InChI=1S/C22H22N4O6/c1-11-17(21(29)31-3)15(9-23-11)25-19(27)13-5-7-14(8-6-13)20(28)26-16-10-24-12(2)18(16)22(30)32-4/h5-10,23-24H,1-4H3,(H,25,27)(H,26,28). The highest BCUT2D eigenvalue weighted by molar-refractivity contribution is 6.10. The van der Waals surface area contributed by atoms with Crippen LogP contribution in [0.3, 0.4) is 0 Å². The zero-order valence-corrected chi connectivity index (χ0v) is 17.9. The Morgan fingerprint density at radius 1 is 0.688 bits per heavy atom. The molecule has 0 saturated carbocycles. The third-order valence-corrected chi connectivity index (χ3v) is 4.84. The van der Waals surface area contributed by atoms with Gasteiger partial charge in [0.15, 0.2) is 0 Å². The van der Waals surface area contributed by atoms with Gasteiger partial charge in [-0.1, -0.05) is 0 Å². The second kappa shape index (κ2) is 9.21. The fourth-order valence-corrected chi connectivity index (χ4v) is 3.14. The van der Waals surface area contributed by atoms with Gasteiger partial charge >= 0.3 is 11.9 Å². The van der Waals surface area contributed by atoms with E-state index in [2.05, 4.69) is 20.6 Å². The Labute approximate surface area is 183 Å². The first-order valence-corrected chi connectivity index (χ1v) is 9.52. The lowest BCUT2D eigenvalue weighted by atomic mass is 10.1. The number of anilines is 2. The van der Waals surface area contributed by atoms with Crippen LogP contribution in [0.15, 0.2) is 36.7 Å². The molecule has 2 aromatic heterocycles. The molecular formula is C22H22N4O6. The highest BCUT2D eigenvalue weighted by atomic mass is 16.5. The number of H-pyrrole nitrogens is 2. The predicted molar refractivity (Wildman–Crippen MR) is 116 cm³/mol. The van der Waals surface area contributed by atoms with Crippen LogP contribution < -0.4 is 10.6 Å². The lowest BCUT2D eigenvalue weighted by Gasteiger charge is -2.08. The number of nitrogens with one attached hydrogen (secondary N) is 4. The first-order chi connectivity index (χ1) is 15.3. The van der Waals surface area contributed by atoms with Crippen LogP contribution in [-0.4, -0.2) is 47.9 Å². The monoisotopic (exact) mass is 438 g/mol. The van der Waals surface area contributed by atoms with E-state index in [4.69, 9.17) is 9.47 Å². The zero-order chi connectivity index (χ0) is 23.4. The molecule has 1 aromatic carbocycles. The maximum absolute atomic E-state index is 12.6. The number of hydrogen-bond acceptors (Lipinski definition) is 6. The lowest BCUT2D eigenvalue weighted by Crippen LogP contribution is -2.16. The molecule has 0 saturated heterocycles. The van der Waals surface area contributed by atoms with E-state index >= 15 is 0 Å². The van der Waals surface area contributed by atoms with Crippen LogP contribution in [0.4, 0.5) is 11.4 Å². The Balaban J connectivity index is 1.73. The summed E-state index contributed by atoms with van der Waals surface area (Å²) in [6.07, 6.45) is 3.00. The number of aromatic nitrogens is 2. The number of aryl methyl sites for hydroxylation is 2. The molecule has 3 aromatic rings. The number of amides is 2. The van der Waals surface area contributed by atoms with Crippen molar-refractivity contribution in [1.82, 2.24) is 9.97 Å². The van der Waals surface area contributed by atoms with Crippen LogP contribution in [0, 0.1) is 13.8 Å². The van der Waals surface area contributed by atoms with Crippen molar-refractivity contribution in [1.29, 1.82) is 0 Å². The molecular weight excluding hydrogens is 416 g/mol. The van der Waals surface area contributed by atoms with E-state index in [1.54, 1.807) is 13.8 Å². The maximum atomic E-state index is 12.6. The van der Waals surface area contributed by atoms with E-state index in [9.17, 15) is 19.2 Å². The third-order valence-electron chi connectivity index (χ3n) is 4.84. The van der Waals surface area contributed by atoms with Gasteiger partial charge in [-0.25, -0.2) is 9.59 Å². The Kier molecular flexibility index (Phi) is 6.43. The molecule has 0 aliphatic carbocycles. The van der Waals surface area contributed by atoms with E-state index in [0.29, 0.717) is 22.8 Å². The van der Waals surface area contributed by atoms with Gasteiger partial charge in [0, 0.05) is 34.9 Å². The molecule has 0 atom stereocenters. The molecule has 0 bridgehead atoms. The summed E-state index contributed by atoms with van der Waals surface area (Å²) in [5, 5.41) is 5.31. The van der Waals surface area contributed by atoms with Crippen LogP contribution in [0.25, 0.3) is 0 Å². The van der Waals surface area contributed by atoms with Crippen molar-refractivity contribution < 1.29 is 28.7 Å². The van der Waals surface area contributed by atoms with Crippen LogP contribution in [0.1, 0.15) is 52.8 Å². The first kappa shape index (κ1) is 22.3. The number of carbonyl (C=O) groups excluding carboxylic acids is 4.